The van der Waals surface area contributed by atoms with E-state index in [9.17, 15) is 28.4 Å². The van der Waals surface area contributed by atoms with Crippen LogP contribution in [0.3, 0.4) is 0 Å². The fourth-order valence-corrected chi connectivity index (χ4v) is 1.23. The van der Waals surface area contributed by atoms with Crippen LogP contribution in [0.15, 0.2) is 36.4 Å². The maximum absolute atomic E-state index is 12.6. The Morgan fingerprint density at radius 3 is 2.28 bits per heavy atom. The highest BCUT2D eigenvalue weighted by atomic mass is 19.4. The van der Waals surface area contributed by atoms with Crippen LogP contribution in [0.1, 0.15) is 5.56 Å². The van der Waals surface area contributed by atoms with Crippen molar-refractivity contribution in [3.63, 3.8) is 0 Å². The molecule has 0 bridgehead atoms. The van der Waals surface area contributed by atoms with Crippen molar-refractivity contribution in [3.05, 3.63) is 52.1 Å². The normalized spacial score (nSPS) is 15.6. The van der Waals surface area contributed by atoms with E-state index in [0.717, 1.165) is 6.08 Å². The highest BCUT2D eigenvalue weighted by Crippen LogP contribution is 2.32. The molecule has 0 aliphatic rings. The molecule has 0 heterocycles. The summed E-state index contributed by atoms with van der Waals surface area (Å²) < 4.78 is 37.7. The third-order valence-corrected chi connectivity index (χ3v) is 2.21. The van der Waals surface area contributed by atoms with Crippen LogP contribution in [-0.4, -0.2) is 28.4 Å². The summed E-state index contributed by atoms with van der Waals surface area (Å²) >= 11 is 0. The second-order valence-electron chi connectivity index (χ2n) is 3.66. The van der Waals surface area contributed by atoms with Crippen molar-refractivity contribution < 1.29 is 23.2 Å². The van der Waals surface area contributed by atoms with Crippen molar-refractivity contribution in [2.45, 2.75) is 11.8 Å². The van der Waals surface area contributed by atoms with Gasteiger partial charge in [-0.3, -0.25) is 10.1 Å². The summed E-state index contributed by atoms with van der Waals surface area (Å²) in [5, 5.41) is 19.5. The lowest BCUT2D eigenvalue weighted by Crippen LogP contribution is -2.48. The van der Waals surface area contributed by atoms with Crippen LogP contribution in [0.25, 0.3) is 6.08 Å². The van der Waals surface area contributed by atoms with E-state index in [0.29, 0.717) is 11.6 Å². The zero-order valence-electron chi connectivity index (χ0n) is 9.09. The lowest BCUT2D eigenvalue weighted by atomic mass is 10.0. The molecule has 0 radical (unpaired) electrons. The van der Waals surface area contributed by atoms with Gasteiger partial charge in [-0.2, -0.15) is 13.2 Å². The summed E-state index contributed by atoms with van der Waals surface area (Å²) in [7, 11) is 0. The Balaban J connectivity index is 2.99. The number of rotatable bonds is 4. The Bertz CT molecular complexity index is 445. The van der Waals surface area contributed by atoms with Gasteiger partial charge in [0.2, 0.25) is 12.1 Å². The molecule has 1 aromatic carbocycles. The first-order chi connectivity index (χ1) is 8.24. The number of halogens is 3. The molecule has 0 amide bonds. The van der Waals surface area contributed by atoms with Gasteiger partial charge in [0.25, 0.3) is 0 Å². The number of hydrogen-bond acceptors (Lipinski definition) is 3. The van der Waals surface area contributed by atoms with E-state index >= 15 is 0 Å². The van der Waals surface area contributed by atoms with Gasteiger partial charge in [-0.05, 0) is 11.6 Å². The quantitative estimate of drug-likeness (QED) is 0.668. The molecular weight excluding hydrogens is 251 g/mol. The smallest absolute Gasteiger partial charge is 0.372 e. The number of nitro groups is 1. The second kappa shape index (κ2) is 5.18. The Morgan fingerprint density at radius 1 is 1.28 bits per heavy atom. The predicted molar refractivity (Wildman–Crippen MR) is 58.3 cm³/mol. The first-order valence-electron chi connectivity index (χ1n) is 4.90. The zero-order chi connectivity index (χ0) is 13.8. The molecule has 1 rings (SSSR count). The van der Waals surface area contributed by atoms with Crippen molar-refractivity contribution in [2.75, 3.05) is 6.54 Å². The highest BCUT2D eigenvalue weighted by Gasteiger charge is 2.55. The van der Waals surface area contributed by atoms with Crippen LogP contribution in [0.4, 0.5) is 13.2 Å². The molecule has 0 aliphatic carbocycles. The van der Waals surface area contributed by atoms with Crippen LogP contribution < -0.4 is 0 Å². The monoisotopic (exact) mass is 261 g/mol. The Labute approximate surface area is 101 Å². The van der Waals surface area contributed by atoms with E-state index in [1.54, 1.807) is 18.2 Å². The molecule has 0 saturated heterocycles. The molecule has 0 spiro atoms. The van der Waals surface area contributed by atoms with Crippen molar-refractivity contribution >= 4 is 6.08 Å². The molecular formula is C11H10F3NO3. The van der Waals surface area contributed by atoms with Gasteiger partial charge in [-0.25, -0.2) is 0 Å². The van der Waals surface area contributed by atoms with Gasteiger partial charge < -0.3 is 5.11 Å². The summed E-state index contributed by atoms with van der Waals surface area (Å²) in [4.78, 5) is 8.98. The van der Waals surface area contributed by atoms with Crippen molar-refractivity contribution in [2.24, 2.45) is 0 Å². The standard InChI is InChI=1S/C11H10F3NO3/c12-11(13,14)10(16,8-15(17)18)7-6-9-4-2-1-3-5-9/h1-7,16H,8H2/b7-6+/t10-/m1/s1. The van der Waals surface area contributed by atoms with Gasteiger partial charge in [0.15, 0.2) is 0 Å². The molecule has 18 heavy (non-hydrogen) atoms. The molecule has 1 atom stereocenters. The van der Waals surface area contributed by atoms with Gasteiger partial charge >= 0.3 is 6.18 Å². The summed E-state index contributed by atoms with van der Waals surface area (Å²) in [5.41, 5.74) is -3.06. The minimum absolute atomic E-state index is 0.394. The number of nitrogens with zero attached hydrogens (tertiary/aromatic N) is 1. The van der Waals surface area contributed by atoms with E-state index < -0.39 is 23.2 Å². The van der Waals surface area contributed by atoms with Gasteiger partial charge in [0, 0.05) is 4.92 Å². The number of hydrogen-bond donors (Lipinski definition) is 1. The Morgan fingerprint density at radius 2 is 1.83 bits per heavy atom. The Hall–Kier alpha value is -1.89. The topological polar surface area (TPSA) is 63.4 Å². The lowest BCUT2D eigenvalue weighted by Gasteiger charge is -2.23. The van der Waals surface area contributed by atoms with E-state index in [1.807, 2.05) is 0 Å². The van der Waals surface area contributed by atoms with E-state index in [2.05, 4.69) is 0 Å². The second-order valence-corrected chi connectivity index (χ2v) is 3.66. The molecule has 0 saturated carbocycles. The largest absolute Gasteiger partial charge is 0.427 e. The molecule has 1 aromatic rings. The van der Waals surface area contributed by atoms with Crippen LogP contribution >= 0.6 is 0 Å². The molecule has 0 fully saturated rings. The van der Waals surface area contributed by atoms with E-state index in [-0.39, 0.29) is 0 Å². The molecule has 7 heteroatoms. The summed E-state index contributed by atoms with van der Waals surface area (Å²) in [5.74, 6) is 0. The molecule has 98 valence electrons. The molecule has 1 N–H and O–H groups in total. The fourth-order valence-electron chi connectivity index (χ4n) is 1.23. The van der Waals surface area contributed by atoms with Crippen molar-refractivity contribution in [3.8, 4) is 0 Å². The average molecular weight is 261 g/mol. The van der Waals surface area contributed by atoms with Crippen LogP contribution in [0.2, 0.25) is 0 Å². The Kier molecular flexibility index (Phi) is 4.07. The fraction of sp³-hybridized carbons (Fsp3) is 0.273. The summed E-state index contributed by atoms with van der Waals surface area (Å²) in [6.45, 7) is -1.63. The summed E-state index contributed by atoms with van der Waals surface area (Å²) in [6, 6.07) is 7.89. The van der Waals surface area contributed by atoms with Crippen LogP contribution in [-0.2, 0) is 0 Å². The van der Waals surface area contributed by atoms with Crippen LogP contribution in [0.5, 0.6) is 0 Å². The van der Waals surface area contributed by atoms with Crippen molar-refractivity contribution in [1.82, 2.24) is 0 Å². The molecule has 4 nitrogen and oxygen atoms in total. The number of benzene rings is 1. The van der Waals surface area contributed by atoms with E-state index in [4.69, 9.17) is 0 Å². The number of alkyl halides is 3. The van der Waals surface area contributed by atoms with Gasteiger partial charge in [-0.1, -0.05) is 36.4 Å². The first kappa shape index (κ1) is 14.2. The van der Waals surface area contributed by atoms with E-state index in [1.165, 1.54) is 12.1 Å². The summed E-state index contributed by atoms with van der Waals surface area (Å²) in [6.07, 6.45) is -3.71. The SMILES string of the molecule is O=[N+]([O-])C[C@](O)(/C=C/c1ccccc1)C(F)(F)F. The third-order valence-electron chi connectivity index (χ3n) is 2.21. The molecule has 0 aromatic heterocycles. The lowest BCUT2D eigenvalue weighted by molar-refractivity contribution is -0.510. The maximum Gasteiger partial charge on any atom is 0.427 e. The van der Waals surface area contributed by atoms with Gasteiger partial charge in [0.05, 0.1) is 0 Å². The maximum atomic E-state index is 12.6. The minimum Gasteiger partial charge on any atom is -0.372 e. The van der Waals surface area contributed by atoms with Crippen LogP contribution in [0, 0.1) is 10.1 Å². The molecule has 0 unspecified atom stereocenters. The van der Waals surface area contributed by atoms with Gasteiger partial charge in [0.1, 0.15) is 0 Å². The highest BCUT2D eigenvalue weighted by molar-refractivity contribution is 5.50. The molecule has 0 aliphatic heterocycles. The zero-order valence-corrected chi connectivity index (χ0v) is 9.09. The first-order valence-corrected chi connectivity index (χ1v) is 4.90. The number of aliphatic hydroxyl groups is 1. The minimum atomic E-state index is -5.11. The van der Waals surface area contributed by atoms with Crippen molar-refractivity contribution in [1.29, 1.82) is 0 Å². The van der Waals surface area contributed by atoms with Gasteiger partial charge in [-0.15, -0.1) is 0 Å². The third kappa shape index (κ3) is 3.56. The predicted octanol–water partition coefficient (Wildman–Crippen LogP) is 2.27. The average Bonchev–Trinajstić information content (AvgIpc) is 2.25.